The average Bonchev–Trinajstić information content (AvgIpc) is 2.95. The van der Waals surface area contributed by atoms with E-state index in [-0.39, 0.29) is 29.8 Å². The minimum absolute atomic E-state index is 0.0293. The summed E-state index contributed by atoms with van der Waals surface area (Å²) in [5.41, 5.74) is 0.907. The highest BCUT2D eigenvalue weighted by atomic mass is 32.2. The number of carbonyl (C=O) groups excluding carboxylic acids is 1. The highest BCUT2D eigenvalue weighted by Gasteiger charge is 2.32. The van der Waals surface area contributed by atoms with Gasteiger partial charge in [-0.15, -0.1) is 0 Å². The summed E-state index contributed by atoms with van der Waals surface area (Å²) in [6.45, 7) is 11.5. The van der Waals surface area contributed by atoms with Crippen LogP contribution in [-0.2, 0) is 14.9 Å². The minimum Gasteiger partial charge on any atom is -0.507 e. The van der Waals surface area contributed by atoms with E-state index in [0.29, 0.717) is 9.13 Å². The molecule has 0 spiro atoms. The molecule has 2 N–H and O–H groups in total. The Kier molecular flexibility index (Phi) is 6.25. The first kappa shape index (κ1) is 21.7. The van der Waals surface area contributed by atoms with Gasteiger partial charge >= 0.3 is 5.97 Å². The number of nitrogens with zero attached hydrogens (tertiary/aromatic N) is 1. The number of benzene rings is 1. The topological polar surface area (TPSA) is 90.5 Å². The average molecular weight is 408 g/mol. The summed E-state index contributed by atoms with van der Waals surface area (Å²) in [6.07, 6.45) is 0.280. The molecular weight excluding hydrogens is 382 g/mol. The lowest BCUT2D eigenvalue weighted by Gasteiger charge is -2.23. The maximum absolute atomic E-state index is 12.3. The fraction of sp³-hybridized carbons (Fsp3) is 0.500. The normalized spacial score (nSPS) is 15.9. The largest absolute Gasteiger partial charge is 0.507 e. The molecule has 0 bridgehead atoms. The van der Waals surface area contributed by atoms with E-state index in [4.69, 9.17) is 4.74 Å². The zero-order valence-corrected chi connectivity index (χ0v) is 18.1. The molecule has 0 unspecified atom stereocenters. The number of fused-ring (bicyclic) bond motifs is 1. The molecule has 0 fully saturated rings. The maximum atomic E-state index is 12.3. The minimum atomic E-state index is -0.945. The van der Waals surface area contributed by atoms with Crippen molar-refractivity contribution in [2.24, 2.45) is 0 Å². The van der Waals surface area contributed by atoms with Crippen LogP contribution in [0.1, 0.15) is 52.2 Å². The Morgan fingerprint density at radius 3 is 2.33 bits per heavy atom. The number of hydrogen-bond acceptors (Lipinski definition) is 7. The fourth-order valence-electron chi connectivity index (χ4n) is 2.67. The molecule has 1 aliphatic heterocycles. The lowest BCUT2D eigenvalue weighted by molar-refractivity contribution is -0.139. The lowest BCUT2D eigenvalue weighted by Crippen LogP contribution is -2.22. The van der Waals surface area contributed by atoms with Gasteiger partial charge < -0.3 is 14.9 Å². The van der Waals surface area contributed by atoms with E-state index in [1.165, 1.54) is 23.5 Å². The highest BCUT2D eigenvalue weighted by molar-refractivity contribution is 8.24. The van der Waals surface area contributed by atoms with Crippen molar-refractivity contribution in [3.63, 3.8) is 0 Å². The number of esters is 1. The van der Waals surface area contributed by atoms with Gasteiger partial charge in [0.2, 0.25) is 0 Å². The second kappa shape index (κ2) is 7.78. The number of nitriles is 1. The van der Waals surface area contributed by atoms with Gasteiger partial charge in [-0.05, 0) is 43.4 Å². The molecule has 1 aromatic carbocycles. The number of phenolic OH excluding ortho intramolecular Hbond substituents is 1. The number of hydrogen-bond donors (Lipinski definition) is 2. The number of aliphatic hydroxyl groups is 1. The van der Waals surface area contributed by atoms with Crippen molar-refractivity contribution < 1.29 is 19.7 Å². The van der Waals surface area contributed by atoms with Crippen LogP contribution in [0, 0.1) is 18.3 Å². The van der Waals surface area contributed by atoms with Crippen molar-refractivity contribution in [1.29, 1.82) is 5.26 Å². The smallest absolute Gasteiger partial charge is 0.350 e. The van der Waals surface area contributed by atoms with Gasteiger partial charge in [0.1, 0.15) is 11.8 Å². The van der Waals surface area contributed by atoms with E-state index in [2.05, 4.69) is 20.8 Å². The molecule has 1 aromatic rings. The summed E-state index contributed by atoms with van der Waals surface area (Å²) in [5, 5.41) is 29.6. The predicted molar refractivity (Wildman–Crippen MR) is 108 cm³/mol. The summed E-state index contributed by atoms with van der Waals surface area (Å²) in [4.78, 5) is 13.9. The molecule has 0 saturated heterocycles. The number of carbonyl (C=O) groups is 1. The van der Waals surface area contributed by atoms with Gasteiger partial charge in [-0.3, -0.25) is 0 Å². The Bertz CT molecular complexity index is 839. The molecule has 0 radical (unpaired) electrons. The van der Waals surface area contributed by atoms with Crippen molar-refractivity contribution in [2.45, 2.75) is 68.8 Å². The summed E-state index contributed by atoms with van der Waals surface area (Å²) in [6, 6.07) is 3.69. The molecule has 0 saturated carbocycles. The summed E-state index contributed by atoms with van der Waals surface area (Å²) in [5.74, 6) is -0.557. The van der Waals surface area contributed by atoms with E-state index in [1.54, 1.807) is 19.9 Å². The van der Waals surface area contributed by atoms with Crippen LogP contribution in [-0.4, -0.2) is 28.4 Å². The van der Waals surface area contributed by atoms with Crippen LogP contribution in [0.2, 0.25) is 0 Å². The van der Waals surface area contributed by atoms with Crippen molar-refractivity contribution in [1.82, 2.24) is 0 Å². The van der Waals surface area contributed by atoms with E-state index >= 15 is 0 Å². The van der Waals surface area contributed by atoms with Crippen LogP contribution in [0.3, 0.4) is 0 Å². The molecule has 0 aliphatic carbocycles. The number of rotatable bonds is 4. The van der Waals surface area contributed by atoms with Crippen molar-refractivity contribution in [3.05, 3.63) is 27.0 Å². The van der Waals surface area contributed by atoms with Crippen LogP contribution >= 0.6 is 23.5 Å². The molecule has 2 rings (SSSR count). The summed E-state index contributed by atoms with van der Waals surface area (Å²) < 4.78 is 5.66. The third kappa shape index (κ3) is 5.01. The molecule has 1 heterocycles. The van der Waals surface area contributed by atoms with Gasteiger partial charge in [-0.2, -0.15) is 5.26 Å². The molecule has 27 heavy (non-hydrogen) atoms. The first-order valence-electron chi connectivity index (χ1n) is 8.62. The zero-order chi connectivity index (χ0) is 20.6. The standard InChI is InChI=1S/C20H25NO4S2/c1-11-13(19(2,3)4)9-14(22)16-15(11)26-18(27-16)12(10-21)17(23)25-8-7-20(5,6)24/h9,22,24H,7-8H2,1-6H3/b18-12-. The second-order valence-electron chi connectivity index (χ2n) is 8.15. The highest BCUT2D eigenvalue weighted by Crippen LogP contribution is 2.58. The van der Waals surface area contributed by atoms with Gasteiger partial charge in [0.25, 0.3) is 0 Å². The maximum Gasteiger partial charge on any atom is 0.350 e. The van der Waals surface area contributed by atoms with Gasteiger partial charge in [0.05, 0.1) is 21.3 Å². The Hall–Kier alpha value is -1.62. The summed E-state index contributed by atoms with van der Waals surface area (Å²) in [7, 11) is 0. The van der Waals surface area contributed by atoms with Gasteiger partial charge in [0.15, 0.2) is 5.57 Å². The monoisotopic (exact) mass is 407 g/mol. The van der Waals surface area contributed by atoms with Gasteiger partial charge in [-0.25, -0.2) is 4.79 Å². The first-order chi connectivity index (χ1) is 12.3. The zero-order valence-electron chi connectivity index (χ0n) is 16.5. The molecule has 7 heteroatoms. The molecule has 1 aliphatic rings. The van der Waals surface area contributed by atoms with Gasteiger partial charge in [-0.1, -0.05) is 44.3 Å². The van der Waals surface area contributed by atoms with Crippen LogP contribution in [0.25, 0.3) is 0 Å². The van der Waals surface area contributed by atoms with E-state index in [9.17, 15) is 20.3 Å². The number of aromatic hydroxyl groups is 1. The van der Waals surface area contributed by atoms with Crippen molar-refractivity contribution in [2.75, 3.05) is 6.61 Å². The quantitative estimate of drug-likeness (QED) is 0.427. The predicted octanol–water partition coefficient (Wildman–Crippen LogP) is 4.64. The van der Waals surface area contributed by atoms with E-state index in [1.807, 2.05) is 13.0 Å². The Balaban J connectivity index is 2.32. The van der Waals surface area contributed by atoms with Crippen LogP contribution < -0.4 is 0 Å². The summed E-state index contributed by atoms with van der Waals surface area (Å²) >= 11 is 2.53. The van der Waals surface area contributed by atoms with Gasteiger partial charge in [0, 0.05) is 11.3 Å². The third-order valence-electron chi connectivity index (χ3n) is 4.13. The van der Waals surface area contributed by atoms with Crippen LogP contribution in [0.4, 0.5) is 0 Å². The third-order valence-corrected chi connectivity index (χ3v) is 6.87. The molecule has 146 valence electrons. The SMILES string of the molecule is Cc1c(C(C)(C)C)cc(O)c2c1S/C(=C(\C#N)C(=O)OCCC(C)(C)O)S2. The Morgan fingerprint density at radius 2 is 1.81 bits per heavy atom. The van der Waals surface area contributed by atoms with E-state index < -0.39 is 11.6 Å². The number of thioether (sulfide) groups is 2. The fourth-order valence-corrected chi connectivity index (χ4v) is 5.29. The van der Waals surface area contributed by atoms with Crippen molar-refractivity contribution in [3.8, 4) is 11.8 Å². The number of ether oxygens (including phenoxy) is 1. The molecule has 0 aromatic heterocycles. The number of phenols is 1. The lowest BCUT2D eigenvalue weighted by atomic mass is 9.84. The molecule has 5 nitrogen and oxygen atoms in total. The van der Waals surface area contributed by atoms with E-state index in [0.717, 1.165) is 16.0 Å². The molecule has 0 amide bonds. The van der Waals surface area contributed by atoms with Crippen LogP contribution in [0.15, 0.2) is 25.7 Å². The molecule has 0 atom stereocenters. The molecular formula is C20H25NO4S2. The van der Waals surface area contributed by atoms with Crippen molar-refractivity contribution >= 4 is 29.5 Å². The second-order valence-corrected chi connectivity index (χ2v) is 10.5. The van der Waals surface area contributed by atoms with Crippen LogP contribution in [0.5, 0.6) is 5.75 Å². The Labute approximate surface area is 168 Å². The Morgan fingerprint density at radius 1 is 1.22 bits per heavy atom. The first-order valence-corrected chi connectivity index (χ1v) is 10.2.